The number of rotatable bonds is 4. The van der Waals surface area contributed by atoms with E-state index in [-0.39, 0.29) is 12.5 Å². The van der Waals surface area contributed by atoms with Crippen LogP contribution in [0, 0.1) is 5.41 Å². The van der Waals surface area contributed by atoms with E-state index in [4.69, 9.17) is 0 Å². The first-order valence-corrected chi connectivity index (χ1v) is 8.31. The van der Waals surface area contributed by atoms with Crippen LogP contribution in [0.1, 0.15) is 36.5 Å². The van der Waals surface area contributed by atoms with Gasteiger partial charge in [-0.25, -0.2) is 9.97 Å². The molecule has 0 saturated carbocycles. The van der Waals surface area contributed by atoms with Crippen molar-refractivity contribution in [2.24, 2.45) is 5.41 Å². The predicted octanol–water partition coefficient (Wildman–Crippen LogP) is 2.26. The SMILES string of the molecule is CCC1(C(=O)O)CCCN(C(=O)c2cnc(-c3ccncc3)nc2)C1. The Hall–Kier alpha value is -2.83. The van der Waals surface area contributed by atoms with Crippen LogP contribution < -0.4 is 0 Å². The molecule has 7 nitrogen and oxygen atoms in total. The van der Waals surface area contributed by atoms with Crippen LogP contribution in [0.25, 0.3) is 11.4 Å². The van der Waals surface area contributed by atoms with E-state index < -0.39 is 11.4 Å². The lowest BCUT2D eigenvalue weighted by Crippen LogP contribution is -2.49. The van der Waals surface area contributed by atoms with Crippen molar-refractivity contribution in [3.8, 4) is 11.4 Å². The second-order valence-corrected chi connectivity index (χ2v) is 6.30. The quantitative estimate of drug-likeness (QED) is 0.917. The molecular weight excluding hydrogens is 320 g/mol. The summed E-state index contributed by atoms with van der Waals surface area (Å²) in [5.74, 6) is -0.539. The van der Waals surface area contributed by atoms with Crippen LogP contribution in [-0.4, -0.2) is 49.9 Å². The number of hydrogen-bond acceptors (Lipinski definition) is 5. The van der Waals surface area contributed by atoms with E-state index in [0.717, 1.165) is 5.56 Å². The van der Waals surface area contributed by atoms with Crippen molar-refractivity contribution in [1.82, 2.24) is 19.9 Å². The molecule has 130 valence electrons. The summed E-state index contributed by atoms with van der Waals surface area (Å²) in [7, 11) is 0. The summed E-state index contributed by atoms with van der Waals surface area (Å²) in [5, 5.41) is 9.55. The molecule has 0 spiro atoms. The summed E-state index contributed by atoms with van der Waals surface area (Å²) in [6, 6.07) is 3.59. The predicted molar refractivity (Wildman–Crippen MR) is 90.8 cm³/mol. The third-order valence-corrected chi connectivity index (χ3v) is 4.83. The molecule has 1 saturated heterocycles. The molecule has 0 radical (unpaired) electrons. The van der Waals surface area contributed by atoms with Crippen molar-refractivity contribution in [2.45, 2.75) is 26.2 Å². The summed E-state index contributed by atoms with van der Waals surface area (Å²) < 4.78 is 0. The number of carbonyl (C=O) groups excluding carboxylic acids is 1. The zero-order valence-electron chi connectivity index (χ0n) is 14.1. The molecule has 3 heterocycles. The molecule has 1 atom stereocenters. The fraction of sp³-hybridized carbons (Fsp3) is 0.389. The third-order valence-electron chi connectivity index (χ3n) is 4.83. The Morgan fingerprint density at radius 1 is 1.24 bits per heavy atom. The second-order valence-electron chi connectivity index (χ2n) is 6.30. The number of amides is 1. The molecule has 7 heteroatoms. The van der Waals surface area contributed by atoms with Gasteiger partial charge in [-0.2, -0.15) is 0 Å². The van der Waals surface area contributed by atoms with Gasteiger partial charge in [0.1, 0.15) is 0 Å². The zero-order chi connectivity index (χ0) is 17.9. The fourth-order valence-corrected chi connectivity index (χ4v) is 3.19. The highest BCUT2D eigenvalue weighted by Crippen LogP contribution is 2.34. The number of aliphatic carboxylic acids is 1. The van der Waals surface area contributed by atoms with Crippen molar-refractivity contribution >= 4 is 11.9 Å². The molecule has 2 aromatic rings. The van der Waals surface area contributed by atoms with Gasteiger partial charge in [0.05, 0.1) is 11.0 Å². The van der Waals surface area contributed by atoms with E-state index >= 15 is 0 Å². The average Bonchev–Trinajstić information content (AvgIpc) is 2.68. The molecule has 1 aliphatic rings. The lowest BCUT2D eigenvalue weighted by molar-refractivity contribution is -0.152. The minimum atomic E-state index is -0.855. The average molecular weight is 340 g/mol. The van der Waals surface area contributed by atoms with Gasteiger partial charge in [-0.15, -0.1) is 0 Å². The van der Waals surface area contributed by atoms with E-state index in [2.05, 4.69) is 15.0 Å². The Balaban J connectivity index is 1.78. The van der Waals surface area contributed by atoms with Gasteiger partial charge in [-0.3, -0.25) is 14.6 Å². The van der Waals surface area contributed by atoms with E-state index in [1.165, 1.54) is 12.4 Å². The number of carboxylic acid groups (broad SMARTS) is 1. The number of likely N-dealkylation sites (tertiary alicyclic amines) is 1. The highest BCUT2D eigenvalue weighted by Gasteiger charge is 2.42. The number of piperidine rings is 1. The van der Waals surface area contributed by atoms with E-state index in [1.807, 2.05) is 6.92 Å². The first-order chi connectivity index (χ1) is 12.1. The molecule has 0 aromatic carbocycles. The maximum atomic E-state index is 12.7. The highest BCUT2D eigenvalue weighted by molar-refractivity contribution is 5.94. The van der Waals surface area contributed by atoms with Crippen LogP contribution in [0.3, 0.4) is 0 Å². The third kappa shape index (κ3) is 3.35. The van der Waals surface area contributed by atoms with Crippen LogP contribution in [0.2, 0.25) is 0 Å². The van der Waals surface area contributed by atoms with Crippen LogP contribution >= 0.6 is 0 Å². The summed E-state index contributed by atoms with van der Waals surface area (Å²) in [6.45, 7) is 2.64. The van der Waals surface area contributed by atoms with Gasteiger partial charge in [0.25, 0.3) is 5.91 Å². The molecule has 25 heavy (non-hydrogen) atoms. The highest BCUT2D eigenvalue weighted by atomic mass is 16.4. The van der Waals surface area contributed by atoms with Gasteiger partial charge in [0.15, 0.2) is 5.82 Å². The van der Waals surface area contributed by atoms with Crippen LogP contribution in [0.15, 0.2) is 36.9 Å². The largest absolute Gasteiger partial charge is 0.481 e. The number of carbonyl (C=O) groups is 2. The van der Waals surface area contributed by atoms with Gasteiger partial charge in [-0.1, -0.05) is 6.92 Å². The number of nitrogens with zero attached hydrogens (tertiary/aromatic N) is 4. The fourth-order valence-electron chi connectivity index (χ4n) is 3.19. The minimum absolute atomic E-state index is 0.222. The van der Waals surface area contributed by atoms with Gasteiger partial charge in [0, 0.05) is 43.4 Å². The lowest BCUT2D eigenvalue weighted by atomic mass is 9.77. The van der Waals surface area contributed by atoms with Crippen molar-refractivity contribution in [3.63, 3.8) is 0 Å². The Kier molecular flexibility index (Phi) is 4.74. The second kappa shape index (κ2) is 6.96. The summed E-state index contributed by atoms with van der Waals surface area (Å²) >= 11 is 0. The van der Waals surface area contributed by atoms with Gasteiger partial charge in [0.2, 0.25) is 0 Å². The molecular formula is C18H20N4O3. The zero-order valence-corrected chi connectivity index (χ0v) is 14.1. The molecule has 1 unspecified atom stereocenters. The molecule has 2 aromatic heterocycles. The lowest BCUT2D eigenvalue weighted by Gasteiger charge is -2.39. The molecule has 0 bridgehead atoms. The standard InChI is InChI=1S/C18H20N4O3/c1-2-18(17(24)25)6-3-9-22(12-18)16(23)14-10-20-15(21-11-14)13-4-7-19-8-5-13/h4-5,7-8,10-11H,2-3,6,9,12H2,1H3,(H,24,25). The molecule has 1 aliphatic heterocycles. The van der Waals surface area contributed by atoms with E-state index in [9.17, 15) is 14.7 Å². The van der Waals surface area contributed by atoms with Gasteiger partial charge < -0.3 is 10.0 Å². The maximum absolute atomic E-state index is 12.7. The summed E-state index contributed by atoms with van der Waals surface area (Å²) in [4.78, 5) is 38.4. The smallest absolute Gasteiger partial charge is 0.311 e. The normalized spacial score (nSPS) is 20.3. The van der Waals surface area contributed by atoms with E-state index in [0.29, 0.717) is 37.2 Å². The molecule has 1 fully saturated rings. The molecule has 1 N–H and O–H groups in total. The van der Waals surface area contributed by atoms with Gasteiger partial charge >= 0.3 is 5.97 Å². The van der Waals surface area contributed by atoms with E-state index in [1.54, 1.807) is 29.4 Å². The molecule has 0 aliphatic carbocycles. The van der Waals surface area contributed by atoms with Crippen LogP contribution in [-0.2, 0) is 4.79 Å². The first kappa shape index (κ1) is 17.0. The number of aromatic nitrogens is 3. The Morgan fingerprint density at radius 2 is 1.92 bits per heavy atom. The van der Waals surface area contributed by atoms with Crippen molar-refractivity contribution < 1.29 is 14.7 Å². The topological polar surface area (TPSA) is 96.3 Å². The maximum Gasteiger partial charge on any atom is 0.311 e. The summed E-state index contributed by atoms with van der Waals surface area (Å²) in [6.07, 6.45) is 8.08. The number of pyridine rings is 1. The Labute approximate surface area is 145 Å². The first-order valence-electron chi connectivity index (χ1n) is 8.31. The van der Waals surface area contributed by atoms with Crippen LogP contribution in [0.5, 0.6) is 0 Å². The number of carboxylic acids is 1. The Morgan fingerprint density at radius 3 is 2.52 bits per heavy atom. The molecule has 1 amide bonds. The van der Waals surface area contributed by atoms with Crippen molar-refractivity contribution in [1.29, 1.82) is 0 Å². The van der Waals surface area contributed by atoms with Crippen LogP contribution in [0.4, 0.5) is 0 Å². The summed E-state index contributed by atoms with van der Waals surface area (Å²) in [5.41, 5.74) is 0.337. The van der Waals surface area contributed by atoms with Crippen molar-refractivity contribution in [2.75, 3.05) is 13.1 Å². The Bertz CT molecular complexity index is 764. The van der Waals surface area contributed by atoms with Gasteiger partial charge in [-0.05, 0) is 31.4 Å². The number of hydrogen-bond donors (Lipinski definition) is 1. The monoisotopic (exact) mass is 340 g/mol. The van der Waals surface area contributed by atoms with Crippen molar-refractivity contribution in [3.05, 3.63) is 42.5 Å². The minimum Gasteiger partial charge on any atom is -0.481 e. The molecule has 3 rings (SSSR count).